The summed E-state index contributed by atoms with van der Waals surface area (Å²) >= 11 is 0.755. The molecule has 1 aromatic carbocycles. The van der Waals surface area contributed by atoms with Gasteiger partial charge in [0.25, 0.3) is 5.91 Å². The molecule has 1 aliphatic heterocycles. The smallest absolute Gasteiger partial charge is 0.376 e. The summed E-state index contributed by atoms with van der Waals surface area (Å²) in [5.41, 5.74) is -1.02. The van der Waals surface area contributed by atoms with Crippen molar-refractivity contribution in [2.75, 3.05) is 17.2 Å². The molecule has 2 N–H and O–H groups in total. The van der Waals surface area contributed by atoms with Crippen LogP contribution in [0.1, 0.15) is 26.4 Å². The molecule has 2 heterocycles. The van der Waals surface area contributed by atoms with E-state index in [2.05, 4.69) is 5.32 Å². The minimum atomic E-state index is -5.17. The number of rotatable bonds is 3. The van der Waals surface area contributed by atoms with Crippen LogP contribution in [0.3, 0.4) is 0 Å². The maximum atomic E-state index is 12.8. The van der Waals surface area contributed by atoms with Crippen LogP contribution in [0.15, 0.2) is 24.3 Å². The molecule has 0 fully saturated rings. The van der Waals surface area contributed by atoms with Crippen LogP contribution in [0.4, 0.5) is 37.0 Å². The Hall–Kier alpha value is -2.60. The van der Waals surface area contributed by atoms with E-state index in [4.69, 9.17) is 4.74 Å². The van der Waals surface area contributed by atoms with E-state index in [-0.39, 0.29) is 35.9 Å². The van der Waals surface area contributed by atoms with Gasteiger partial charge in [0.05, 0.1) is 24.3 Å². The number of amides is 2. The molecule has 3 rings (SSSR count). The van der Waals surface area contributed by atoms with Gasteiger partial charge in [0, 0.05) is 10.6 Å². The Morgan fingerprint density at radius 2 is 1.79 bits per heavy atom. The zero-order valence-electron chi connectivity index (χ0n) is 14.3. The minimum Gasteiger partial charge on any atom is -0.376 e. The van der Waals surface area contributed by atoms with Gasteiger partial charge in [0.1, 0.15) is 5.00 Å². The third-order valence-electron chi connectivity index (χ3n) is 3.98. The second-order valence-corrected chi connectivity index (χ2v) is 7.10. The lowest BCUT2D eigenvalue weighted by molar-refractivity contribution is -0.167. The predicted octanol–water partition coefficient (Wildman–Crippen LogP) is 4.59. The van der Waals surface area contributed by atoms with E-state index in [9.17, 15) is 35.9 Å². The third-order valence-corrected chi connectivity index (χ3v) is 5.10. The summed E-state index contributed by atoms with van der Waals surface area (Å²) < 4.78 is 81.6. The first-order valence-corrected chi connectivity index (χ1v) is 8.87. The van der Waals surface area contributed by atoms with Gasteiger partial charge in [-0.05, 0) is 30.2 Å². The monoisotopic (exact) mass is 438 g/mol. The fourth-order valence-corrected chi connectivity index (χ4v) is 3.88. The average Bonchev–Trinajstić information content (AvgIpc) is 2.98. The fourth-order valence-electron chi connectivity index (χ4n) is 2.70. The number of ether oxygens (including phenoxy) is 1. The van der Waals surface area contributed by atoms with Gasteiger partial charge in [0.15, 0.2) is 0 Å². The van der Waals surface area contributed by atoms with Gasteiger partial charge in [0.2, 0.25) is 0 Å². The molecule has 2 amide bonds. The highest BCUT2D eigenvalue weighted by atomic mass is 32.1. The van der Waals surface area contributed by atoms with Crippen LogP contribution >= 0.6 is 11.3 Å². The summed E-state index contributed by atoms with van der Waals surface area (Å²) in [6.45, 7) is 0.256. The van der Waals surface area contributed by atoms with Crippen molar-refractivity contribution >= 4 is 33.8 Å². The number of carbonyl (C=O) groups excluding carboxylic acids is 2. The second kappa shape index (κ2) is 7.67. The Labute approximate surface area is 163 Å². The number of hydrogen-bond acceptors (Lipinski definition) is 4. The van der Waals surface area contributed by atoms with Gasteiger partial charge >= 0.3 is 18.3 Å². The molecule has 0 radical (unpaired) electrons. The first-order chi connectivity index (χ1) is 13.5. The van der Waals surface area contributed by atoms with E-state index < -0.39 is 29.7 Å². The second-order valence-electron chi connectivity index (χ2n) is 6.00. The molecule has 0 unspecified atom stereocenters. The van der Waals surface area contributed by atoms with Gasteiger partial charge in [-0.15, -0.1) is 11.3 Å². The quantitative estimate of drug-likeness (QED) is 0.689. The number of alkyl halides is 6. The molecular weight excluding hydrogens is 426 g/mol. The van der Waals surface area contributed by atoms with E-state index in [0.717, 1.165) is 23.5 Å². The number of hydrogen-bond donors (Lipinski definition) is 2. The molecule has 0 saturated heterocycles. The van der Waals surface area contributed by atoms with Gasteiger partial charge in [-0.3, -0.25) is 9.59 Å². The Morgan fingerprint density at radius 3 is 2.45 bits per heavy atom. The van der Waals surface area contributed by atoms with E-state index in [0.29, 0.717) is 16.5 Å². The normalized spacial score (nSPS) is 14.3. The predicted molar refractivity (Wildman–Crippen MR) is 91.8 cm³/mol. The Morgan fingerprint density at radius 1 is 1.07 bits per heavy atom. The minimum absolute atomic E-state index is 0.0473. The van der Waals surface area contributed by atoms with E-state index in [1.807, 2.05) is 0 Å². The summed E-state index contributed by atoms with van der Waals surface area (Å²) in [5, 5.41) is 3.58. The topological polar surface area (TPSA) is 67.4 Å². The molecule has 1 aliphatic rings. The maximum absolute atomic E-state index is 12.8. The van der Waals surface area contributed by atoms with Crippen molar-refractivity contribution < 1.29 is 40.7 Å². The number of fused-ring (bicyclic) bond motifs is 1. The first-order valence-electron chi connectivity index (χ1n) is 8.06. The number of thiophene rings is 1. The molecule has 0 spiro atoms. The molecule has 0 aliphatic carbocycles. The number of carbonyl (C=O) groups is 2. The highest BCUT2D eigenvalue weighted by molar-refractivity contribution is 7.17. The molecule has 5 nitrogen and oxygen atoms in total. The van der Waals surface area contributed by atoms with Crippen LogP contribution < -0.4 is 10.6 Å². The van der Waals surface area contributed by atoms with Crippen LogP contribution in [-0.2, 0) is 28.7 Å². The number of benzene rings is 1. The van der Waals surface area contributed by atoms with Crippen molar-refractivity contribution in [3.8, 4) is 0 Å². The van der Waals surface area contributed by atoms with Crippen LogP contribution in [0.2, 0.25) is 0 Å². The van der Waals surface area contributed by atoms with Crippen LogP contribution in [-0.4, -0.2) is 24.6 Å². The van der Waals surface area contributed by atoms with Crippen molar-refractivity contribution in [3.05, 3.63) is 45.8 Å². The van der Waals surface area contributed by atoms with Crippen molar-refractivity contribution in [3.63, 3.8) is 0 Å². The lowest BCUT2D eigenvalue weighted by Gasteiger charge is -2.15. The molecule has 2 aromatic rings. The van der Waals surface area contributed by atoms with Crippen LogP contribution in [0, 0.1) is 0 Å². The van der Waals surface area contributed by atoms with Crippen LogP contribution in [0.5, 0.6) is 0 Å². The average molecular weight is 438 g/mol. The largest absolute Gasteiger partial charge is 0.471 e. The fraction of sp³-hybridized carbons (Fsp3) is 0.294. The Kier molecular flexibility index (Phi) is 5.59. The van der Waals surface area contributed by atoms with Crippen LogP contribution in [0.25, 0.3) is 0 Å². The summed E-state index contributed by atoms with van der Waals surface area (Å²) in [6, 6.07) is 3.81. The van der Waals surface area contributed by atoms with Crippen molar-refractivity contribution in [1.29, 1.82) is 0 Å². The zero-order chi connectivity index (χ0) is 21.4. The molecular formula is C17H12F6N2O3S. The maximum Gasteiger partial charge on any atom is 0.471 e. The van der Waals surface area contributed by atoms with E-state index >= 15 is 0 Å². The van der Waals surface area contributed by atoms with Gasteiger partial charge < -0.3 is 15.4 Å². The van der Waals surface area contributed by atoms with Gasteiger partial charge in [-0.2, -0.15) is 26.3 Å². The lowest BCUT2D eigenvalue weighted by atomic mass is 10.0. The molecule has 1 aromatic heterocycles. The van der Waals surface area contributed by atoms with E-state index in [1.54, 1.807) is 5.32 Å². The van der Waals surface area contributed by atoms with Gasteiger partial charge in [-0.25, -0.2) is 0 Å². The summed E-state index contributed by atoms with van der Waals surface area (Å²) in [4.78, 5) is 24.5. The van der Waals surface area contributed by atoms with Crippen molar-refractivity contribution in [2.45, 2.75) is 25.4 Å². The highest BCUT2D eigenvalue weighted by Gasteiger charge is 2.40. The first kappa shape index (κ1) is 21.1. The molecule has 0 atom stereocenters. The number of anilines is 2. The Balaban J connectivity index is 1.93. The molecule has 0 bridgehead atoms. The summed E-state index contributed by atoms with van der Waals surface area (Å²) in [5.74, 6) is -3.19. The van der Waals surface area contributed by atoms with Crippen molar-refractivity contribution in [2.24, 2.45) is 0 Å². The van der Waals surface area contributed by atoms with E-state index in [1.165, 1.54) is 6.07 Å². The Bertz CT molecular complexity index is 952. The molecule has 156 valence electrons. The summed E-state index contributed by atoms with van der Waals surface area (Å²) in [7, 11) is 0. The standard InChI is InChI=1S/C17H12F6N2O3S/c18-16(19,20)8-2-1-3-9(6-8)24-13(26)12-10-4-5-28-7-11(10)29-14(12)25-15(27)17(21,22)23/h1-3,6H,4-5,7H2,(H,24,26)(H,25,27). The lowest BCUT2D eigenvalue weighted by Crippen LogP contribution is -2.30. The molecule has 0 saturated carbocycles. The SMILES string of the molecule is O=C(Nc1cccc(C(F)(F)F)c1)c1c(NC(=O)C(F)(F)F)sc2c1CCOC2. The summed E-state index contributed by atoms with van der Waals surface area (Å²) in [6.07, 6.45) is -9.60. The number of halogens is 6. The number of nitrogens with one attached hydrogen (secondary N) is 2. The third kappa shape index (κ3) is 4.70. The zero-order valence-corrected chi connectivity index (χ0v) is 15.1. The van der Waals surface area contributed by atoms with Crippen molar-refractivity contribution in [1.82, 2.24) is 0 Å². The molecule has 29 heavy (non-hydrogen) atoms. The van der Waals surface area contributed by atoms with Gasteiger partial charge in [-0.1, -0.05) is 6.07 Å². The molecule has 12 heteroatoms. The highest BCUT2D eigenvalue weighted by Crippen LogP contribution is 2.38.